The third-order valence-electron chi connectivity index (χ3n) is 7.06. The van der Waals surface area contributed by atoms with Crippen LogP contribution in [0, 0.1) is 0 Å². The van der Waals surface area contributed by atoms with Gasteiger partial charge in [-0.3, -0.25) is 9.69 Å². The van der Waals surface area contributed by atoms with Crippen LogP contribution in [0.2, 0.25) is 0 Å². The summed E-state index contributed by atoms with van der Waals surface area (Å²) in [4.78, 5) is 18.7. The average Bonchev–Trinajstić information content (AvgIpc) is 3.66. The Balaban J connectivity index is 1.51. The molecule has 1 N–H and O–H groups in total. The van der Waals surface area contributed by atoms with Gasteiger partial charge in [-0.25, -0.2) is 4.68 Å². The molecular formula is C27H34N6O3. The molecule has 0 amide bonds. The van der Waals surface area contributed by atoms with Crippen LogP contribution in [0.25, 0.3) is 10.9 Å². The molecule has 1 atom stereocenters. The van der Waals surface area contributed by atoms with Crippen molar-refractivity contribution in [2.45, 2.75) is 77.5 Å². The first-order valence-corrected chi connectivity index (χ1v) is 13.0. The first-order chi connectivity index (χ1) is 17.7. The molecule has 36 heavy (non-hydrogen) atoms. The SMILES string of the molecule is CCC[C@H](c1nnnn1Cc1ccco1)N(Cc1cc2cc(OCC)ccc2[nH]c1=O)C1CCCC1. The summed E-state index contributed by atoms with van der Waals surface area (Å²) in [5.74, 6) is 2.43. The maximum atomic E-state index is 13.2. The van der Waals surface area contributed by atoms with Gasteiger partial charge in [0.25, 0.3) is 5.56 Å². The molecule has 190 valence electrons. The van der Waals surface area contributed by atoms with E-state index in [1.54, 1.807) is 6.26 Å². The van der Waals surface area contributed by atoms with Gasteiger partial charge in [0.15, 0.2) is 5.82 Å². The Labute approximate surface area is 210 Å². The van der Waals surface area contributed by atoms with E-state index in [0.29, 0.717) is 25.7 Å². The number of furan rings is 1. The third-order valence-corrected chi connectivity index (χ3v) is 7.06. The van der Waals surface area contributed by atoms with Gasteiger partial charge in [0.1, 0.15) is 18.1 Å². The average molecular weight is 491 g/mol. The van der Waals surface area contributed by atoms with Gasteiger partial charge in [0.2, 0.25) is 0 Å². The predicted octanol–water partition coefficient (Wildman–Crippen LogP) is 4.84. The number of aromatic nitrogens is 5. The van der Waals surface area contributed by atoms with Crippen LogP contribution in [0.15, 0.2) is 51.9 Å². The van der Waals surface area contributed by atoms with Gasteiger partial charge < -0.3 is 14.1 Å². The van der Waals surface area contributed by atoms with Crippen molar-refractivity contribution in [2.24, 2.45) is 0 Å². The van der Waals surface area contributed by atoms with E-state index >= 15 is 0 Å². The number of benzene rings is 1. The molecule has 1 fully saturated rings. The number of tetrazole rings is 1. The van der Waals surface area contributed by atoms with Crippen molar-refractivity contribution in [1.82, 2.24) is 30.1 Å². The van der Waals surface area contributed by atoms with Crippen molar-refractivity contribution in [2.75, 3.05) is 6.61 Å². The van der Waals surface area contributed by atoms with Crippen molar-refractivity contribution in [1.29, 1.82) is 0 Å². The summed E-state index contributed by atoms with van der Waals surface area (Å²) >= 11 is 0. The number of H-pyrrole nitrogens is 1. The van der Waals surface area contributed by atoms with E-state index < -0.39 is 0 Å². The first kappa shape index (κ1) is 24.2. The van der Waals surface area contributed by atoms with Gasteiger partial charge in [-0.15, -0.1) is 5.10 Å². The third kappa shape index (κ3) is 5.21. The maximum absolute atomic E-state index is 13.2. The van der Waals surface area contributed by atoms with E-state index in [4.69, 9.17) is 9.15 Å². The highest BCUT2D eigenvalue weighted by molar-refractivity contribution is 5.80. The number of fused-ring (bicyclic) bond motifs is 1. The standard InChI is InChI=1S/C27H34N6O3/c1-3-8-25(26-29-30-31-33(26)18-23-11-7-14-36-23)32(21-9-5-6-10-21)17-20-15-19-16-22(35-4-2)12-13-24(19)28-27(20)34/h7,11-16,21,25H,3-6,8-10,17-18H2,1-2H3,(H,28,34)/t25-/m1/s1. The van der Waals surface area contributed by atoms with E-state index in [0.717, 1.165) is 59.5 Å². The summed E-state index contributed by atoms with van der Waals surface area (Å²) in [5, 5.41) is 13.7. The molecule has 1 aliphatic carbocycles. The number of aromatic amines is 1. The molecule has 0 radical (unpaired) electrons. The Morgan fingerprint density at radius 2 is 2.08 bits per heavy atom. The molecule has 1 saturated carbocycles. The lowest BCUT2D eigenvalue weighted by molar-refractivity contribution is 0.108. The Morgan fingerprint density at radius 3 is 2.83 bits per heavy atom. The number of nitrogens with one attached hydrogen (secondary N) is 1. The number of nitrogens with zero attached hydrogens (tertiary/aromatic N) is 5. The number of hydrogen-bond acceptors (Lipinski definition) is 7. The van der Waals surface area contributed by atoms with Gasteiger partial charge in [0, 0.05) is 29.1 Å². The summed E-state index contributed by atoms with van der Waals surface area (Å²) in [6, 6.07) is 12.0. The zero-order chi connectivity index (χ0) is 24.9. The van der Waals surface area contributed by atoms with Crippen LogP contribution in [0.1, 0.15) is 75.6 Å². The molecule has 0 saturated heterocycles. The van der Waals surface area contributed by atoms with Crippen molar-refractivity contribution < 1.29 is 9.15 Å². The molecule has 1 aliphatic rings. The molecule has 3 aromatic heterocycles. The largest absolute Gasteiger partial charge is 0.494 e. The summed E-state index contributed by atoms with van der Waals surface area (Å²) in [6.07, 6.45) is 8.16. The lowest BCUT2D eigenvalue weighted by atomic mass is 10.0. The smallest absolute Gasteiger partial charge is 0.252 e. The Bertz CT molecular complexity index is 1320. The number of pyridine rings is 1. The number of hydrogen-bond donors (Lipinski definition) is 1. The van der Waals surface area contributed by atoms with Gasteiger partial charge in [0.05, 0.1) is 18.9 Å². The molecule has 0 spiro atoms. The summed E-state index contributed by atoms with van der Waals surface area (Å²) in [7, 11) is 0. The van der Waals surface area contributed by atoms with E-state index in [1.165, 1.54) is 12.8 Å². The molecule has 4 aromatic rings. The first-order valence-electron chi connectivity index (χ1n) is 13.0. The van der Waals surface area contributed by atoms with Crippen molar-refractivity contribution in [3.05, 3.63) is 70.2 Å². The molecule has 5 rings (SSSR count). The zero-order valence-electron chi connectivity index (χ0n) is 21.0. The van der Waals surface area contributed by atoms with Crippen LogP contribution >= 0.6 is 0 Å². The summed E-state index contributed by atoms with van der Waals surface area (Å²) in [5.41, 5.74) is 1.50. The molecule has 0 aliphatic heterocycles. The summed E-state index contributed by atoms with van der Waals surface area (Å²) in [6.45, 7) is 5.76. The normalized spacial score (nSPS) is 15.2. The fraction of sp³-hybridized carbons (Fsp3) is 0.481. The quantitative estimate of drug-likeness (QED) is 0.321. The topological polar surface area (TPSA) is 102 Å². The minimum absolute atomic E-state index is 0.00656. The predicted molar refractivity (Wildman–Crippen MR) is 137 cm³/mol. The Hall–Kier alpha value is -3.46. The van der Waals surface area contributed by atoms with E-state index in [9.17, 15) is 4.79 Å². The highest BCUT2D eigenvalue weighted by atomic mass is 16.5. The monoisotopic (exact) mass is 490 g/mol. The van der Waals surface area contributed by atoms with Crippen LogP contribution in [-0.4, -0.2) is 42.7 Å². The molecule has 0 bridgehead atoms. The van der Waals surface area contributed by atoms with Crippen LogP contribution < -0.4 is 10.3 Å². The Morgan fingerprint density at radius 1 is 1.22 bits per heavy atom. The van der Waals surface area contributed by atoms with E-state index in [-0.39, 0.29) is 11.6 Å². The molecule has 3 heterocycles. The highest BCUT2D eigenvalue weighted by Crippen LogP contribution is 2.34. The van der Waals surface area contributed by atoms with Gasteiger partial charge >= 0.3 is 0 Å². The molecule has 0 unspecified atom stereocenters. The van der Waals surface area contributed by atoms with Crippen molar-refractivity contribution in [3.8, 4) is 5.75 Å². The highest BCUT2D eigenvalue weighted by Gasteiger charge is 2.33. The minimum atomic E-state index is -0.0555. The second kappa shape index (κ2) is 11.1. The molecular weight excluding hydrogens is 456 g/mol. The summed E-state index contributed by atoms with van der Waals surface area (Å²) < 4.78 is 13.1. The van der Waals surface area contributed by atoms with E-state index in [1.807, 2.05) is 48.0 Å². The second-order valence-electron chi connectivity index (χ2n) is 9.49. The lowest BCUT2D eigenvalue weighted by Crippen LogP contribution is -2.39. The van der Waals surface area contributed by atoms with Crippen LogP contribution in [-0.2, 0) is 13.1 Å². The van der Waals surface area contributed by atoms with Gasteiger partial charge in [-0.2, -0.15) is 0 Å². The maximum Gasteiger partial charge on any atom is 0.252 e. The van der Waals surface area contributed by atoms with Gasteiger partial charge in [-0.05, 0) is 73.0 Å². The van der Waals surface area contributed by atoms with E-state index in [2.05, 4.69) is 32.3 Å². The molecule has 9 heteroatoms. The van der Waals surface area contributed by atoms with Crippen molar-refractivity contribution in [3.63, 3.8) is 0 Å². The Kier molecular flexibility index (Phi) is 7.46. The lowest BCUT2D eigenvalue weighted by Gasteiger charge is -2.35. The molecule has 9 nitrogen and oxygen atoms in total. The zero-order valence-corrected chi connectivity index (χ0v) is 21.0. The number of rotatable bonds is 11. The van der Waals surface area contributed by atoms with Crippen LogP contribution in [0.4, 0.5) is 0 Å². The fourth-order valence-corrected chi connectivity index (χ4v) is 5.36. The number of ether oxygens (including phenoxy) is 1. The van der Waals surface area contributed by atoms with Crippen LogP contribution in [0.3, 0.4) is 0 Å². The van der Waals surface area contributed by atoms with Crippen LogP contribution in [0.5, 0.6) is 5.75 Å². The fourth-order valence-electron chi connectivity index (χ4n) is 5.36. The van der Waals surface area contributed by atoms with Gasteiger partial charge in [-0.1, -0.05) is 26.2 Å². The van der Waals surface area contributed by atoms with Crippen molar-refractivity contribution >= 4 is 10.9 Å². The minimum Gasteiger partial charge on any atom is -0.494 e. The second-order valence-corrected chi connectivity index (χ2v) is 9.49. The molecule has 1 aromatic carbocycles.